The van der Waals surface area contributed by atoms with Gasteiger partial charge in [0.1, 0.15) is 5.75 Å². The van der Waals surface area contributed by atoms with Gasteiger partial charge in [0.15, 0.2) is 0 Å². The lowest BCUT2D eigenvalue weighted by molar-refractivity contribution is 0.415. The normalized spacial score (nSPS) is 11.2. The predicted molar refractivity (Wildman–Crippen MR) is 110 cm³/mol. The Hall–Kier alpha value is -2.65. The van der Waals surface area contributed by atoms with E-state index in [-0.39, 0.29) is 0 Å². The van der Waals surface area contributed by atoms with Crippen molar-refractivity contribution in [3.63, 3.8) is 0 Å². The molecule has 0 amide bonds. The first kappa shape index (κ1) is 16.8. The van der Waals surface area contributed by atoms with Crippen LogP contribution in [0.2, 0.25) is 5.02 Å². The van der Waals surface area contributed by atoms with Crippen LogP contribution in [0.1, 0.15) is 12.5 Å². The summed E-state index contributed by atoms with van der Waals surface area (Å²) in [6.07, 6.45) is 0. The van der Waals surface area contributed by atoms with Gasteiger partial charge in [-0.2, -0.15) is 0 Å². The Labute approximate surface area is 158 Å². The lowest BCUT2D eigenvalue weighted by Gasteiger charge is -2.10. The van der Waals surface area contributed by atoms with Crippen LogP contribution in [0.4, 0.5) is 5.69 Å². The van der Waals surface area contributed by atoms with E-state index in [0.717, 1.165) is 18.8 Å². The van der Waals surface area contributed by atoms with Crippen LogP contribution in [0.25, 0.3) is 21.8 Å². The Kier molecular flexibility index (Phi) is 4.48. The number of methoxy groups -OCH3 is 1. The quantitative estimate of drug-likeness (QED) is 0.463. The molecule has 0 aliphatic rings. The van der Waals surface area contributed by atoms with Crippen molar-refractivity contribution in [2.75, 3.05) is 12.4 Å². The van der Waals surface area contributed by atoms with Crippen molar-refractivity contribution in [2.24, 2.45) is 0 Å². The number of nitrogens with zero attached hydrogens (tertiary/aromatic N) is 1. The molecule has 1 aromatic heterocycles. The lowest BCUT2D eigenvalue weighted by Crippen LogP contribution is -2.00. The van der Waals surface area contributed by atoms with E-state index in [1.165, 1.54) is 27.4 Å². The van der Waals surface area contributed by atoms with Gasteiger partial charge in [0.2, 0.25) is 0 Å². The molecule has 26 heavy (non-hydrogen) atoms. The lowest BCUT2D eigenvalue weighted by atomic mass is 10.1. The topological polar surface area (TPSA) is 26.2 Å². The van der Waals surface area contributed by atoms with Crippen molar-refractivity contribution in [3.05, 3.63) is 71.2 Å². The highest BCUT2D eigenvalue weighted by Gasteiger charge is 2.09. The molecular weight excluding hydrogens is 344 g/mol. The first-order valence-corrected chi connectivity index (χ1v) is 9.16. The summed E-state index contributed by atoms with van der Waals surface area (Å²) in [5.41, 5.74) is 4.79. The van der Waals surface area contributed by atoms with Crippen LogP contribution in [-0.2, 0) is 13.1 Å². The van der Waals surface area contributed by atoms with Gasteiger partial charge in [-0.3, -0.25) is 0 Å². The van der Waals surface area contributed by atoms with Crippen molar-refractivity contribution < 1.29 is 4.74 Å². The molecule has 0 aliphatic carbocycles. The van der Waals surface area contributed by atoms with E-state index < -0.39 is 0 Å². The van der Waals surface area contributed by atoms with Crippen molar-refractivity contribution in [1.29, 1.82) is 0 Å². The van der Waals surface area contributed by atoms with E-state index in [2.05, 4.69) is 59.3 Å². The van der Waals surface area contributed by atoms with E-state index in [4.69, 9.17) is 16.3 Å². The third kappa shape index (κ3) is 2.89. The fourth-order valence-electron chi connectivity index (χ4n) is 3.53. The SMILES string of the molecule is CCn1c2ccccc2c2cc(CNc3ccc(OC)c(Cl)c3)ccc21. The molecule has 0 spiro atoms. The van der Waals surface area contributed by atoms with Crippen molar-refractivity contribution in [1.82, 2.24) is 4.57 Å². The zero-order valence-electron chi connectivity index (χ0n) is 14.9. The minimum Gasteiger partial charge on any atom is -0.495 e. The number of para-hydroxylation sites is 1. The van der Waals surface area contributed by atoms with Gasteiger partial charge in [-0.1, -0.05) is 35.9 Å². The summed E-state index contributed by atoms with van der Waals surface area (Å²) in [5, 5.41) is 6.65. The van der Waals surface area contributed by atoms with E-state index in [9.17, 15) is 0 Å². The molecule has 0 saturated heterocycles. The molecule has 0 bridgehead atoms. The molecule has 0 fully saturated rings. The monoisotopic (exact) mass is 364 g/mol. The number of aryl methyl sites for hydroxylation is 1. The first-order valence-electron chi connectivity index (χ1n) is 8.78. The van der Waals surface area contributed by atoms with Gasteiger partial charge < -0.3 is 14.6 Å². The number of aromatic nitrogens is 1. The number of hydrogen-bond acceptors (Lipinski definition) is 2. The maximum absolute atomic E-state index is 6.21. The number of anilines is 1. The highest BCUT2D eigenvalue weighted by Crippen LogP contribution is 2.30. The van der Waals surface area contributed by atoms with Crippen LogP contribution in [-0.4, -0.2) is 11.7 Å². The molecule has 3 aromatic carbocycles. The highest BCUT2D eigenvalue weighted by atomic mass is 35.5. The van der Waals surface area contributed by atoms with E-state index in [1.54, 1.807) is 7.11 Å². The molecule has 1 N–H and O–H groups in total. The molecule has 4 aromatic rings. The van der Waals surface area contributed by atoms with Gasteiger partial charge in [0.25, 0.3) is 0 Å². The molecule has 0 unspecified atom stereocenters. The van der Waals surface area contributed by atoms with E-state index in [0.29, 0.717) is 10.8 Å². The van der Waals surface area contributed by atoms with Crippen molar-refractivity contribution >= 4 is 39.1 Å². The Morgan fingerprint density at radius 1 is 0.962 bits per heavy atom. The number of benzene rings is 3. The summed E-state index contributed by atoms with van der Waals surface area (Å²) in [6, 6.07) is 21.0. The van der Waals surface area contributed by atoms with E-state index in [1.807, 2.05) is 18.2 Å². The second-order valence-electron chi connectivity index (χ2n) is 6.32. The summed E-state index contributed by atoms with van der Waals surface area (Å²) >= 11 is 6.21. The van der Waals surface area contributed by atoms with Gasteiger partial charge in [0, 0.05) is 40.6 Å². The minimum atomic E-state index is 0.610. The molecule has 3 nitrogen and oxygen atoms in total. The third-order valence-electron chi connectivity index (χ3n) is 4.80. The molecule has 0 aliphatic heterocycles. The molecular formula is C22H21ClN2O. The largest absolute Gasteiger partial charge is 0.495 e. The molecule has 4 rings (SSSR count). The molecule has 1 heterocycles. The van der Waals surface area contributed by atoms with Crippen LogP contribution in [0.5, 0.6) is 5.75 Å². The smallest absolute Gasteiger partial charge is 0.137 e. The fourth-order valence-corrected chi connectivity index (χ4v) is 3.79. The maximum Gasteiger partial charge on any atom is 0.137 e. The van der Waals surface area contributed by atoms with Crippen molar-refractivity contribution in [3.8, 4) is 5.75 Å². The molecule has 0 radical (unpaired) electrons. The number of halogens is 1. The number of hydrogen-bond donors (Lipinski definition) is 1. The highest BCUT2D eigenvalue weighted by molar-refractivity contribution is 6.32. The van der Waals surface area contributed by atoms with Gasteiger partial charge in [-0.15, -0.1) is 0 Å². The first-order chi connectivity index (χ1) is 12.7. The average molecular weight is 365 g/mol. The number of rotatable bonds is 5. The predicted octanol–water partition coefficient (Wildman–Crippen LogP) is 6.09. The van der Waals surface area contributed by atoms with Gasteiger partial charge >= 0.3 is 0 Å². The second kappa shape index (κ2) is 6.93. The standard InChI is InChI=1S/C22H21ClN2O/c1-3-25-20-7-5-4-6-17(20)18-12-15(8-10-21(18)25)14-24-16-9-11-22(26-2)19(23)13-16/h4-13,24H,3,14H2,1-2H3. The summed E-state index contributed by atoms with van der Waals surface area (Å²) in [5.74, 6) is 0.686. The Bertz CT molecular complexity index is 1080. The average Bonchev–Trinajstić information content (AvgIpc) is 2.99. The van der Waals surface area contributed by atoms with Crippen LogP contribution in [0.15, 0.2) is 60.7 Å². The maximum atomic E-state index is 6.21. The van der Waals surface area contributed by atoms with Gasteiger partial charge in [0.05, 0.1) is 12.1 Å². The molecule has 132 valence electrons. The van der Waals surface area contributed by atoms with E-state index >= 15 is 0 Å². The van der Waals surface area contributed by atoms with Gasteiger partial charge in [-0.25, -0.2) is 0 Å². The van der Waals surface area contributed by atoms with Crippen LogP contribution >= 0.6 is 11.6 Å². The zero-order valence-corrected chi connectivity index (χ0v) is 15.7. The summed E-state index contributed by atoms with van der Waals surface area (Å²) < 4.78 is 7.57. The molecule has 0 atom stereocenters. The Balaban J connectivity index is 1.65. The number of ether oxygens (including phenoxy) is 1. The number of nitrogens with one attached hydrogen (secondary N) is 1. The summed E-state index contributed by atoms with van der Waals surface area (Å²) in [6.45, 7) is 3.89. The van der Waals surface area contributed by atoms with Gasteiger partial charge in [-0.05, 0) is 48.9 Å². The van der Waals surface area contributed by atoms with Crippen molar-refractivity contribution in [2.45, 2.75) is 20.0 Å². The minimum absolute atomic E-state index is 0.610. The summed E-state index contributed by atoms with van der Waals surface area (Å²) in [7, 11) is 1.62. The Morgan fingerprint density at radius 3 is 2.54 bits per heavy atom. The molecule has 4 heteroatoms. The fraction of sp³-hybridized carbons (Fsp3) is 0.182. The molecule has 0 saturated carbocycles. The van der Waals surface area contributed by atoms with Crippen LogP contribution < -0.4 is 10.1 Å². The third-order valence-corrected chi connectivity index (χ3v) is 5.10. The zero-order chi connectivity index (χ0) is 18.1. The Morgan fingerprint density at radius 2 is 1.77 bits per heavy atom. The van der Waals surface area contributed by atoms with Crippen LogP contribution in [0, 0.1) is 0 Å². The summed E-state index contributed by atoms with van der Waals surface area (Å²) in [4.78, 5) is 0. The second-order valence-corrected chi connectivity index (χ2v) is 6.72. The number of fused-ring (bicyclic) bond motifs is 3. The van der Waals surface area contributed by atoms with Crippen LogP contribution in [0.3, 0.4) is 0 Å².